The van der Waals surface area contributed by atoms with Crippen molar-refractivity contribution in [3.05, 3.63) is 0 Å². The zero-order valence-electron chi connectivity index (χ0n) is 11.9. The Morgan fingerprint density at radius 1 is 1.16 bits per heavy atom. The lowest BCUT2D eigenvalue weighted by Gasteiger charge is -2.01. The first kappa shape index (κ1) is 18.5. The normalized spacial score (nSPS) is 11.5. The maximum absolute atomic E-state index is 11.4. The van der Waals surface area contributed by atoms with E-state index in [0.717, 1.165) is 32.4 Å². The number of hydrogen-bond acceptors (Lipinski definition) is 4. The molecule has 0 aliphatic heterocycles. The van der Waals surface area contributed by atoms with Gasteiger partial charge in [-0.15, -0.1) is 4.52 Å². The third kappa shape index (κ3) is 15.4. The van der Waals surface area contributed by atoms with Crippen LogP contribution in [0.5, 0.6) is 0 Å². The molecular formula is C13H27NO4P+. The lowest BCUT2D eigenvalue weighted by Crippen LogP contribution is -2.15. The lowest BCUT2D eigenvalue weighted by molar-refractivity contribution is -0.137. The molecule has 0 aromatic rings. The Hall–Kier alpha value is -0.510. The molecule has 0 aliphatic carbocycles. The van der Waals surface area contributed by atoms with E-state index < -0.39 is 14.0 Å². The SMILES string of the molecule is CCCNCCCCCCC[P+](=O)OCCC(=O)O. The van der Waals surface area contributed by atoms with E-state index >= 15 is 0 Å². The number of aliphatic carboxylic acids is 1. The van der Waals surface area contributed by atoms with Gasteiger partial charge < -0.3 is 10.4 Å². The molecule has 0 spiro atoms. The Kier molecular flexibility index (Phi) is 13.5. The summed E-state index contributed by atoms with van der Waals surface area (Å²) in [6.45, 7) is 4.38. The summed E-state index contributed by atoms with van der Waals surface area (Å²) in [4.78, 5) is 10.2. The first-order valence-electron chi connectivity index (χ1n) is 7.17. The second-order valence-electron chi connectivity index (χ2n) is 4.55. The van der Waals surface area contributed by atoms with Gasteiger partial charge in [-0.1, -0.05) is 19.8 Å². The van der Waals surface area contributed by atoms with E-state index in [1.165, 1.54) is 19.3 Å². The molecule has 0 saturated heterocycles. The minimum atomic E-state index is -1.67. The number of carboxylic acids is 1. The van der Waals surface area contributed by atoms with Gasteiger partial charge in [-0.3, -0.25) is 4.79 Å². The van der Waals surface area contributed by atoms with Gasteiger partial charge in [0.25, 0.3) is 0 Å². The topological polar surface area (TPSA) is 75.6 Å². The van der Waals surface area contributed by atoms with Crippen LogP contribution in [-0.4, -0.2) is 36.9 Å². The first-order valence-corrected chi connectivity index (χ1v) is 8.53. The fraction of sp³-hybridized carbons (Fsp3) is 0.923. The molecule has 1 unspecified atom stereocenters. The quantitative estimate of drug-likeness (QED) is 0.380. The van der Waals surface area contributed by atoms with Crippen LogP contribution < -0.4 is 5.32 Å². The highest BCUT2D eigenvalue weighted by Crippen LogP contribution is 2.24. The molecule has 0 fully saturated rings. The maximum Gasteiger partial charge on any atom is 0.508 e. The summed E-state index contributed by atoms with van der Waals surface area (Å²) in [6, 6.07) is 0. The van der Waals surface area contributed by atoms with Gasteiger partial charge in [0.1, 0.15) is 6.61 Å². The van der Waals surface area contributed by atoms with Crippen LogP contribution in [-0.2, 0) is 13.9 Å². The monoisotopic (exact) mass is 292 g/mol. The largest absolute Gasteiger partial charge is 0.508 e. The van der Waals surface area contributed by atoms with Gasteiger partial charge >= 0.3 is 14.0 Å². The third-order valence-corrected chi connectivity index (χ3v) is 3.82. The second kappa shape index (κ2) is 13.9. The van der Waals surface area contributed by atoms with Crippen molar-refractivity contribution < 1.29 is 19.0 Å². The Balaban J connectivity index is 3.16. The zero-order chi connectivity index (χ0) is 14.3. The summed E-state index contributed by atoms with van der Waals surface area (Å²) >= 11 is 0. The smallest absolute Gasteiger partial charge is 0.481 e. The van der Waals surface area contributed by atoms with Crippen LogP contribution in [0, 0.1) is 0 Å². The van der Waals surface area contributed by atoms with E-state index in [-0.39, 0.29) is 13.0 Å². The van der Waals surface area contributed by atoms with Crippen molar-refractivity contribution in [1.82, 2.24) is 5.32 Å². The van der Waals surface area contributed by atoms with E-state index in [9.17, 15) is 9.36 Å². The van der Waals surface area contributed by atoms with Crippen LogP contribution in [0.4, 0.5) is 0 Å². The van der Waals surface area contributed by atoms with Gasteiger partial charge in [0.2, 0.25) is 0 Å². The summed E-state index contributed by atoms with van der Waals surface area (Å²) in [5, 5.41) is 11.8. The summed E-state index contributed by atoms with van der Waals surface area (Å²) in [6.07, 6.45) is 7.16. The number of carbonyl (C=O) groups is 1. The molecule has 5 nitrogen and oxygen atoms in total. The fourth-order valence-corrected chi connectivity index (χ4v) is 2.53. The number of nitrogens with one attached hydrogen (secondary N) is 1. The number of hydrogen-bond donors (Lipinski definition) is 2. The highest BCUT2D eigenvalue weighted by Gasteiger charge is 2.16. The zero-order valence-corrected chi connectivity index (χ0v) is 12.8. The molecule has 0 bridgehead atoms. The Bertz CT molecular complexity index is 249. The van der Waals surface area contributed by atoms with Crippen LogP contribution in [0.3, 0.4) is 0 Å². The van der Waals surface area contributed by atoms with E-state index in [0.29, 0.717) is 6.16 Å². The summed E-state index contributed by atoms with van der Waals surface area (Å²) in [7, 11) is -1.67. The molecule has 19 heavy (non-hydrogen) atoms. The van der Waals surface area contributed by atoms with Gasteiger partial charge in [-0.2, -0.15) is 0 Å². The third-order valence-electron chi connectivity index (χ3n) is 2.67. The van der Waals surface area contributed by atoms with Crippen molar-refractivity contribution in [1.29, 1.82) is 0 Å². The van der Waals surface area contributed by atoms with Gasteiger partial charge in [-0.05, 0) is 43.3 Å². The molecule has 112 valence electrons. The molecule has 0 amide bonds. The molecule has 2 N–H and O–H groups in total. The number of carboxylic acid groups (broad SMARTS) is 1. The van der Waals surface area contributed by atoms with Crippen LogP contribution in [0.25, 0.3) is 0 Å². The molecular weight excluding hydrogens is 265 g/mol. The van der Waals surface area contributed by atoms with E-state index in [1.54, 1.807) is 0 Å². The van der Waals surface area contributed by atoms with Crippen molar-refractivity contribution >= 4 is 14.0 Å². The van der Waals surface area contributed by atoms with Crippen molar-refractivity contribution in [3.63, 3.8) is 0 Å². The molecule has 6 heteroatoms. The highest BCUT2D eigenvalue weighted by atomic mass is 31.1. The predicted molar refractivity (Wildman–Crippen MR) is 76.9 cm³/mol. The first-order chi connectivity index (χ1) is 9.16. The summed E-state index contributed by atoms with van der Waals surface area (Å²) < 4.78 is 16.3. The van der Waals surface area contributed by atoms with Crippen molar-refractivity contribution in [2.75, 3.05) is 25.9 Å². The van der Waals surface area contributed by atoms with Crippen LogP contribution in [0.15, 0.2) is 0 Å². The van der Waals surface area contributed by atoms with Crippen molar-refractivity contribution in [2.24, 2.45) is 0 Å². The Labute approximate surface area is 117 Å². The molecule has 0 aliphatic rings. The van der Waals surface area contributed by atoms with Crippen molar-refractivity contribution in [3.8, 4) is 0 Å². The van der Waals surface area contributed by atoms with Crippen LogP contribution in [0.1, 0.15) is 51.9 Å². The minimum Gasteiger partial charge on any atom is -0.481 e. The van der Waals surface area contributed by atoms with Crippen molar-refractivity contribution in [2.45, 2.75) is 51.9 Å². The van der Waals surface area contributed by atoms with Gasteiger partial charge in [0.05, 0.1) is 6.42 Å². The molecule has 0 rings (SSSR count). The molecule has 0 radical (unpaired) electrons. The number of rotatable bonds is 14. The lowest BCUT2D eigenvalue weighted by atomic mass is 10.1. The molecule has 0 aromatic heterocycles. The van der Waals surface area contributed by atoms with Crippen LogP contribution in [0.2, 0.25) is 0 Å². The standard InChI is InChI=1S/C13H26NO4P/c1-2-9-14-10-6-4-3-5-7-12-19(17)18-11-8-13(15)16/h14H,2-12H2,1H3/p+1. The van der Waals surface area contributed by atoms with E-state index in [4.69, 9.17) is 9.63 Å². The van der Waals surface area contributed by atoms with Gasteiger partial charge in [0, 0.05) is 0 Å². The van der Waals surface area contributed by atoms with E-state index in [2.05, 4.69) is 12.2 Å². The summed E-state index contributed by atoms with van der Waals surface area (Å²) in [5.41, 5.74) is 0. The predicted octanol–water partition coefficient (Wildman–Crippen LogP) is 3.17. The van der Waals surface area contributed by atoms with Gasteiger partial charge in [-0.25, -0.2) is 0 Å². The summed E-state index contributed by atoms with van der Waals surface area (Å²) in [5.74, 6) is -0.917. The Morgan fingerprint density at radius 3 is 2.53 bits per heavy atom. The maximum atomic E-state index is 11.4. The second-order valence-corrected chi connectivity index (χ2v) is 5.92. The van der Waals surface area contributed by atoms with Gasteiger partial charge in [0.15, 0.2) is 6.16 Å². The fourth-order valence-electron chi connectivity index (χ4n) is 1.62. The molecule has 0 heterocycles. The molecule has 0 saturated carbocycles. The average molecular weight is 292 g/mol. The molecule has 0 aromatic carbocycles. The average Bonchev–Trinajstić information content (AvgIpc) is 2.36. The number of unbranched alkanes of at least 4 members (excludes halogenated alkanes) is 4. The minimum absolute atomic E-state index is 0.0492. The highest BCUT2D eigenvalue weighted by molar-refractivity contribution is 7.39. The van der Waals surface area contributed by atoms with Crippen LogP contribution >= 0.6 is 8.03 Å². The van der Waals surface area contributed by atoms with E-state index in [1.807, 2.05) is 0 Å². The molecule has 1 atom stereocenters. The Morgan fingerprint density at radius 2 is 1.84 bits per heavy atom.